The maximum Gasteiger partial charge on any atom is 0.231 e. The van der Waals surface area contributed by atoms with Crippen LogP contribution in [0.5, 0.6) is 0 Å². The Morgan fingerprint density at radius 3 is 2.69 bits per heavy atom. The van der Waals surface area contributed by atoms with E-state index >= 15 is 0 Å². The van der Waals surface area contributed by atoms with E-state index in [1.54, 1.807) is 0 Å². The van der Waals surface area contributed by atoms with Gasteiger partial charge in [0.15, 0.2) is 5.82 Å². The topological polar surface area (TPSA) is 85.2 Å². The minimum Gasteiger partial charge on any atom is -0.399 e. The second kappa shape index (κ2) is 4.76. The average Bonchev–Trinajstić information content (AvgIpc) is 2.70. The predicted molar refractivity (Wildman–Crippen MR) is 58.7 cm³/mol. The zero-order chi connectivity index (χ0) is 11.4. The molecule has 0 saturated carbocycles. The Morgan fingerprint density at radius 1 is 1.25 bits per heavy atom. The lowest BCUT2D eigenvalue weighted by Gasteiger charge is -1.96. The Bertz CT molecular complexity index is 451. The van der Waals surface area contributed by atoms with E-state index in [-0.39, 0.29) is 6.61 Å². The van der Waals surface area contributed by atoms with Gasteiger partial charge in [-0.2, -0.15) is 4.98 Å². The summed E-state index contributed by atoms with van der Waals surface area (Å²) in [5.74, 6) is 1.08. The van der Waals surface area contributed by atoms with Crippen molar-refractivity contribution < 1.29 is 9.63 Å². The quantitative estimate of drug-likeness (QED) is 0.742. The molecule has 0 atom stereocenters. The number of rotatable bonds is 4. The molecule has 1 heterocycles. The molecule has 16 heavy (non-hydrogen) atoms. The molecule has 3 N–H and O–H groups in total. The SMILES string of the molecule is Nc1ccc(Cc2nc(CCO)no2)cc1. The van der Waals surface area contributed by atoms with Crippen LogP contribution in [-0.4, -0.2) is 21.9 Å². The molecule has 0 radical (unpaired) electrons. The molecule has 2 aromatic rings. The number of aromatic nitrogens is 2. The Hall–Kier alpha value is -1.88. The van der Waals surface area contributed by atoms with E-state index in [9.17, 15) is 0 Å². The van der Waals surface area contributed by atoms with Crippen LogP contribution in [0, 0.1) is 0 Å². The molecule has 0 spiro atoms. The third kappa shape index (κ3) is 2.58. The Morgan fingerprint density at radius 2 is 2.00 bits per heavy atom. The number of aliphatic hydroxyl groups is 1. The van der Waals surface area contributed by atoms with Gasteiger partial charge < -0.3 is 15.4 Å². The van der Waals surface area contributed by atoms with Crippen molar-refractivity contribution in [3.8, 4) is 0 Å². The van der Waals surface area contributed by atoms with Gasteiger partial charge in [-0.1, -0.05) is 17.3 Å². The van der Waals surface area contributed by atoms with Gasteiger partial charge in [0.1, 0.15) is 0 Å². The largest absolute Gasteiger partial charge is 0.399 e. The highest BCUT2D eigenvalue weighted by Gasteiger charge is 2.06. The van der Waals surface area contributed by atoms with Gasteiger partial charge in [-0.05, 0) is 17.7 Å². The lowest BCUT2D eigenvalue weighted by molar-refractivity contribution is 0.293. The second-order valence-electron chi connectivity index (χ2n) is 3.50. The van der Waals surface area contributed by atoms with Gasteiger partial charge in [0.2, 0.25) is 5.89 Å². The molecule has 0 unspecified atom stereocenters. The number of hydrogen-bond acceptors (Lipinski definition) is 5. The van der Waals surface area contributed by atoms with Crippen molar-refractivity contribution in [3.05, 3.63) is 41.5 Å². The normalized spacial score (nSPS) is 10.6. The monoisotopic (exact) mass is 219 g/mol. The first-order valence-corrected chi connectivity index (χ1v) is 5.04. The van der Waals surface area contributed by atoms with Gasteiger partial charge in [0.05, 0.1) is 13.0 Å². The summed E-state index contributed by atoms with van der Waals surface area (Å²) >= 11 is 0. The number of benzene rings is 1. The summed E-state index contributed by atoms with van der Waals surface area (Å²) in [6.45, 7) is 0.0286. The van der Waals surface area contributed by atoms with Gasteiger partial charge in [-0.3, -0.25) is 0 Å². The molecule has 1 aromatic carbocycles. The van der Waals surface area contributed by atoms with E-state index in [0.717, 1.165) is 11.3 Å². The van der Waals surface area contributed by atoms with E-state index < -0.39 is 0 Å². The Balaban J connectivity index is 2.05. The third-order valence-electron chi connectivity index (χ3n) is 2.18. The molecule has 2 rings (SSSR count). The summed E-state index contributed by atoms with van der Waals surface area (Å²) in [6.07, 6.45) is 1.00. The third-order valence-corrected chi connectivity index (χ3v) is 2.18. The van der Waals surface area contributed by atoms with Crippen LogP contribution < -0.4 is 5.73 Å². The van der Waals surface area contributed by atoms with Gasteiger partial charge in [0, 0.05) is 12.1 Å². The zero-order valence-electron chi connectivity index (χ0n) is 8.76. The van der Waals surface area contributed by atoms with E-state index in [1.165, 1.54) is 0 Å². The van der Waals surface area contributed by atoms with Crippen LogP contribution in [0.3, 0.4) is 0 Å². The van der Waals surface area contributed by atoms with Gasteiger partial charge in [-0.15, -0.1) is 0 Å². The zero-order valence-corrected chi connectivity index (χ0v) is 8.76. The number of anilines is 1. The van der Waals surface area contributed by atoms with Crippen LogP contribution in [0.15, 0.2) is 28.8 Å². The summed E-state index contributed by atoms with van der Waals surface area (Å²) in [5.41, 5.74) is 7.38. The number of nitrogens with zero attached hydrogens (tertiary/aromatic N) is 2. The minimum absolute atomic E-state index is 0.0286. The minimum atomic E-state index is 0.0286. The number of hydrogen-bond donors (Lipinski definition) is 2. The van der Waals surface area contributed by atoms with Crippen molar-refractivity contribution in [3.63, 3.8) is 0 Å². The van der Waals surface area contributed by atoms with Crippen LogP contribution in [0.1, 0.15) is 17.3 Å². The molecule has 0 aliphatic rings. The fraction of sp³-hybridized carbons (Fsp3) is 0.273. The summed E-state index contributed by atoms with van der Waals surface area (Å²) in [7, 11) is 0. The molecule has 0 fully saturated rings. The smallest absolute Gasteiger partial charge is 0.231 e. The first-order valence-electron chi connectivity index (χ1n) is 5.04. The molecule has 0 aliphatic heterocycles. The summed E-state index contributed by atoms with van der Waals surface area (Å²) in [5, 5.41) is 12.5. The van der Waals surface area contributed by atoms with E-state index in [1.807, 2.05) is 24.3 Å². The van der Waals surface area contributed by atoms with Gasteiger partial charge in [0.25, 0.3) is 0 Å². The molecule has 0 amide bonds. The van der Waals surface area contributed by atoms with Crippen LogP contribution in [0.25, 0.3) is 0 Å². The highest BCUT2D eigenvalue weighted by Crippen LogP contribution is 2.10. The maximum absolute atomic E-state index is 8.71. The predicted octanol–water partition coefficient (Wildman–Crippen LogP) is 0.777. The highest BCUT2D eigenvalue weighted by atomic mass is 16.5. The molecule has 84 valence electrons. The molecule has 0 aliphatic carbocycles. The number of nitrogen functional groups attached to an aromatic ring is 1. The van der Waals surface area contributed by atoms with Crippen molar-refractivity contribution in [2.45, 2.75) is 12.8 Å². The first-order chi connectivity index (χ1) is 7.78. The van der Waals surface area contributed by atoms with Crippen LogP contribution in [0.4, 0.5) is 5.69 Å². The molecule has 1 aromatic heterocycles. The Kier molecular flexibility index (Phi) is 3.16. The fourth-order valence-electron chi connectivity index (χ4n) is 1.37. The van der Waals surface area contributed by atoms with Crippen molar-refractivity contribution in [2.75, 3.05) is 12.3 Å². The van der Waals surface area contributed by atoms with Crippen LogP contribution in [0.2, 0.25) is 0 Å². The van der Waals surface area contributed by atoms with Crippen LogP contribution >= 0.6 is 0 Å². The number of aliphatic hydroxyl groups excluding tert-OH is 1. The average molecular weight is 219 g/mol. The van der Waals surface area contributed by atoms with E-state index in [2.05, 4.69) is 10.1 Å². The second-order valence-corrected chi connectivity index (χ2v) is 3.50. The van der Waals surface area contributed by atoms with Crippen molar-refractivity contribution in [1.29, 1.82) is 0 Å². The molecule has 5 heteroatoms. The summed E-state index contributed by atoms with van der Waals surface area (Å²) in [6, 6.07) is 7.51. The number of nitrogens with two attached hydrogens (primary N) is 1. The highest BCUT2D eigenvalue weighted by molar-refractivity contribution is 5.39. The Labute approximate surface area is 92.9 Å². The lowest BCUT2D eigenvalue weighted by Crippen LogP contribution is -1.94. The summed E-state index contributed by atoms with van der Waals surface area (Å²) < 4.78 is 5.05. The van der Waals surface area contributed by atoms with Crippen molar-refractivity contribution in [1.82, 2.24) is 10.1 Å². The molecular weight excluding hydrogens is 206 g/mol. The van der Waals surface area contributed by atoms with E-state index in [0.29, 0.717) is 24.6 Å². The van der Waals surface area contributed by atoms with Crippen molar-refractivity contribution >= 4 is 5.69 Å². The summed E-state index contributed by atoms with van der Waals surface area (Å²) in [4.78, 5) is 4.15. The lowest BCUT2D eigenvalue weighted by atomic mass is 10.1. The van der Waals surface area contributed by atoms with Gasteiger partial charge in [-0.25, -0.2) is 0 Å². The molecular formula is C11H13N3O2. The molecule has 5 nitrogen and oxygen atoms in total. The standard InChI is InChI=1S/C11H13N3O2/c12-9-3-1-8(2-4-9)7-11-13-10(5-6-15)14-16-11/h1-4,15H,5-7,12H2. The van der Waals surface area contributed by atoms with Crippen LogP contribution in [-0.2, 0) is 12.8 Å². The first kappa shape index (κ1) is 10.6. The van der Waals surface area contributed by atoms with E-state index in [4.69, 9.17) is 15.4 Å². The fourth-order valence-corrected chi connectivity index (χ4v) is 1.37. The molecule has 0 bridgehead atoms. The van der Waals surface area contributed by atoms with Crippen molar-refractivity contribution in [2.24, 2.45) is 0 Å². The maximum atomic E-state index is 8.71. The molecule has 0 saturated heterocycles. The van der Waals surface area contributed by atoms with Gasteiger partial charge >= 0.3 is 0 Å².